The molecule has 2 aliphatic heterocycles. The molecular weight excluding hydrogens is 392 g/mol. The number of hydrogen-bond acceptors (Lipinski definition) is 3. The van der Waals surface area contributed by atoms with Gasteiger partial charge in [0.25, 0.3) is 5.91 Å². The van der Waals surface area contributed by atoms with Gasteiger partial charge < -0.3 is 19.9 Å². The lowest BCUT2D eigenvalue weighted by Gasteiger charge is -2.31. The second kappa shape index (κ2) is 9.08. The van der Waals surface area contributed by atoms with Crippen molar-refractivity contribution in [2.75, 3.05) is 40.0 Å². The Morgan fingerprint density at radius 3 is 2.23 bits per heavy atom. The molecule has 1 atom stereocenters. The van der Waals surface area contributed by atoms with E-state index in [1.165, 1.54) is 20.3 Å². The van der Waals surface area contributed by atoms with Gasteiger partial charge >= 0.3 is 6.03 Å². The van der Waals surface area contributed by atoms with Gasteiger partial charge in [-0.2, -0.15) is 0 Å². The topological polar surface area (TPSA) is 67.5 Å². The van der Waals surface area contributed by atoms with Gasteiger partial charge in [0.05, 0.1) is 7.11 Å². The maximum absolute atomic E-state index is 13.3. The molecule has 2 aliphatic rings. The van der Waals surface area contributed by atoms with Crippen LogP contribution in [0.1, 0.15) is 24.5 Å². The largest absolute Gasteiger partial charge is 0.497 e. The molecule has 0 unspecified atom stereocenters. The quantitative estimate of drug-likeness (QED) is 0.539. The van der Waals surface area contributed by atoms with Crippen LogP contribution in [0.2, 0.25) is 0 Å². The Kier molecular flexibility index (Phi) is 6.25. The Balaban J connectivity index is 1.35. The first-order valence-corrected chi connectivity index (χ1v) is 11.1. The lowest BCUT2D eigenvalue weighted by atomic mass is 9.87. The number of nitrogens with zero attached hydrogens (tertiary/aromatic N) is 1. The lowest BCUT2D eigenvalue weighted by Crippen LogP contribution is -3.28. The number of urea groups is 1. The molecule has 0 spiro atoms. The van der Waals surface area contributed by atoms with Crippen molar-refractivity contribution in [1.82, 2.24) is 10.2 Å². The van der Waals surface area contributed by atoms with Crippen molar-refractivity contribution in [3.63, 3.8) is 0 Å². The van der Waals surface area contributed by atoms with E-state index < -0.39 is 5.54 Å². The van der Waals surface area contributed by atoms with Gasteiger partial charge in [0, 0.05) is 5.56 Å². The summed E-state index contributed by atoms with van der Waals surface area (Å²) in [6.45, 7) is 7.26. The molecule has 0 aromatic heterocycles. The Hall–Kier alpha value is -2.90. The van der Waals surface area contributed by atoms with Crippen molar-refractivity contribution >= 4 is 11.9 Å². The molecule has 0 aliphatic carbocycles. The van der Waals surface area contributed by atoms with Crippen LogP contribution in [0.25, 0.3) is 0 Å². The molecule has 3 N–H and O–H groups in total. The van der Waals surface area contributed by atoms with Crippen LogP contribution in [0.4, 0.5) is 4.79 Å². The highest BCUT2D eigenvalue weighted by atomic mass is 16.5. The standard InChI is InChI=1S/C24H30N4O3/c1-3-24(20-7-5-4-6-8-20)22(29)28(23(30)25-24)18-27-15-13-26(14-16-27)17-19-9-11-21(31-2)12-10-19/h4-12H,3,13-18H2,1-2H3,(H,25,30)/p+2/t24-/m1/s1. The van der Waals surface area contributed by atoms with E-state index in [4.69, 9.17) is 4.74 Å². The van der Waals surface area contributed by atoms with E-state index in [1.54, 1.807) is 7.11 Å². The molecule has 0 bridgehead atoms. The van der Waals surface area contributed by atoms with Crippen LogP contribution in [0.3, 0.4) is 0 Å². The maximum Gasteiger partial charge on any atom is 0.329 e. The van der Waals surface area contributed by atoms with Crippen LogP contribution >= 0.6 is 0 Å². The number of rotatable bonds is 7. The number of ether oxygens (including phenoxy) is 1. The monoisotopic (exact) mass is 424 g/mol. The molecule has 2 fully saturated rings. The van der Waals surface area contributed by atoms with Gasteiger partial charge in [-0.15, -0.1) is 0 Å². The minimum atomic E-state index is -0.945. The average molecular weight is 425 g/mol. The number of hydrogen-bond donors (Lipinski definition) is 3. The number of carbonyl (C=O) groups excluding carboxylic acids is 2. The molecule has 7 nitrogen and oxygen atoms in total. The third kappa shape index (κ3) is 4.29. The molecule has 164 valence electrons. The van der Waals surface area contributed by atoms with E-state index in [2.05, 4.69) is 17.4 Å². The van der Waals surface area contributed by atoms with Crippen molar-refractivity contribution in [3.05, 3.63) is 65.7 Å². The number of amides is 3. The summed E-state index contributed by atoms with van der Waals surface area (Å²) in [5.41, 5.74) is 1.20. The smallest absolute Gasteiger partial charge is 0.329 e. The average Bonchev–Trinajstić information content (AvgIpc) is 3.06. The van der Waals surface area contributed by atoms with E-state index >= 15 is 0 Å². The predicted octanol–water partition coefficient (Wildman–Crippen LogP) is -0.207. The van der Waals surface area contributed by atoms with Crippen molar-refractivity contribution in [3.8, 4) is 5.75 Å². The summed E-state index contributed by atoms with van der Waals surface area (Å²) in [6.07, 6.45) is 0.535. The van der Waals surface area contributed by atoms with Crippen LogP contribution in [-0.4, -0.2) is 56.8 Å². The van der Waals surface area contributed by atoms with Gasteiger partial charge in [0.15, 0.2) is 6.67 Å². The number of carbonyl (C=O) groups is 2. The number of imide groups is 1. The molecule has 2 heterocycles. The molecule has 2 aromatic rings. The molecule has 7 heteroatoms. The third-order valence-electron chi connectivity index (χ3n) is 6.63. The minimum absolute atomic E-state index is 0.133. The fraction of sp³-hybridized carbons (Fsp3) is 0.417. The summed E-state index contributed by atoms with van der Waals surface area (Å²) in [5, 5.41) is 2.98. The molecule has 4 rings (SSSR count). The first kappa shape index (κ1) is 21.3. The minimum Gasteiger partial charge on any atom is -0.497 e. The van der Waals surface area contributed by atoms with Crippen LogP contribution in [0.5, 0.6) is 5.75 Å². The van der Waals surface area contributed by atoms with Gasteiger partial charge in [0.1, 0.15) is 44.0 Å². The first-order chi connectivity index (χ1) is 15.1. The fourth-order valence-corrected chi connectivity index (χ4v) is 4.68. The zero-order valence-electron chi connectivity index (χ0n) is 18.3. The van der Waals surface area contributed by atoms with E-state index in [-0.39, 0.29) is 11.9 Å². The molecule has 2 saturated heterocycles. The second-order valence-electron chi connectivity index (χ2n) is 8.47. The van der Waals surface area contributed by atoms with Crippen LogP contribution < -0.4 is 19.9 Å². The molecule has 3 amide bonds. The number of nitrogens with one attached hydrogen (secondary N) is 3. The zero-order chi connectivity index (χ0) is 21.8. The summed E-state index contributed by atoms with van der Waals surface area (Å²) in [5.74, 6) is 0.743. The van der Waals surface area contributed by atoms with E-state index in [1.807, 2.05) is 49.4 Å². The molecule has 0 saturated carbocycles. The van der Waals surface area contributed by atoms with Crippen LogP contribution in [0.15, 0.2) is 54.6 Å². The Bertz CT molecular complexity index is 910. The maximum atomic E-state index is 13.3. The number of quaternary nitrogens is 2. The predicted molar refractivity (Wildman–Crippen MR) is 117 cm³/mol. The Morgan fingerprint density at radius 1 is 0.968 bits per heavy atom. The summed E-state index contributed by atoms with van der Waals surface area (Å²) in [6, 6.07) is 17.5. The van der Waals surface area contributed by atoms with E-state index in [0.717, 1.165) is 44.0 Å². The van der Waals surface area contributed by atoms with Gasteiger partial charge in [-0.05, 0) is 36.2 Å². The molecule has 31 heavy (non-hydrogen) atoms. The summed E-state index contributed by atoms with van der Waals surface area (Å²) in [7, 11) is 1.68. The van der Waals surface area contributed by atoms with Crippen molar-refractivity contribution < 1.29 is 24.1 Å². The Morgan fingerprint density at radius 2 is 1.61 bits per heavy atom. The fourth-order valence-electron chi connectivity index (χ4n) is 4.68. The van der Waals surface area contributed by atoms with Crippen molar-refractivity contribution in [2.24, 2.45) is 0 Å². The van der Waals surface area contributed by atoms with Gasteiger partial charge in [0.2, 0.25) is 0 Å². The highest BCUT2D eigenvalue weighted by molar-refractivity contribution is 6.07. The van der Waals surface area contributed by atoms with E-state index in [0.29, 0.717) is 13.1 Å². The second-order valence-corrected chi connectivity index (χ2v) is 8.47. The first-order valence-electron chi connectivity index (χ1n) is 11.1. The lowest BCUT2D eigenvalue weighted by molar-refractivity contribution is -1.02. The molecule has 2 aromatic carbocycles. The number of methoxy groups -OCH3 is 1. The SMILES string of the molecule is CC[C@]1(c2ccccc2)NC(=O)N(C[NH+]2CC[NH+](Cc3ccc(OC)cc3)CC2)C1=O. The van der Waals surface area contributed by atoms with Crippen molar-refractivity contribution in [1.29, 1.82) is 0 Å². The van der Waals surface area contributed by atoms with Crippen LogP contribution in [-0.2, 0) is 16.9 Å². The molecule has 0 radical (unpaired) electrons. The third-order valence-corrected chi connectivity index (χ3v) is 6.63. The summed E-state index contributed by atoms with van der Waals surface area (Å²) < 4.78 is 5.23. The van der Waals surface area contributed by atoms with Crippen LogP contribution in [0, 0.1) is 0 Å². The highest BCUT2D eigenvalue weighted by Crippen LogP contribution is 2.31. The van der Waals surface area contributed by atoms with Crippen molar-refractivity contribution in [2.45, 2.75) is 25.4 Å². The summed E-state index contributed by atoms with van der Waals surface area (Å²) >= 11 is 0. The molecular formula is C24H32N4O3+2. The van der Waals surface area contributed by atoms with Gasteiger partial charge in [-0.1, -0.05) is 37.3 Å². The number of piperazine rings is 1. The Labute approximate surface area is 183 Å². The van der Waals surface area contributed by atoms with E-state index in [9.17, 15) is 9.59 Å². The van der Waals surface area contributed by atoms with Gasteiger partial charge in [-0.3, -0.25) is 4.79 Å². The number of benzene rings is 2. The van der Waals surface area contributed by atoms with Gasteiger partial charge in [-0.25, -0.2) is 9.69 Å². The normalized spacial score (nSPS) is 26.1. The highest BCUT2D eigenvalue weighted by Gasteiger charge is 2.52. The summed E-state index contributed by atoms with van der Waals surface area (Å²) in [4.78, 5) is 30.3. The zero-order valence-corrected chi connectivity index (χ0v) is 18.3.